The minimum atomic E-state index is -0.702. The molecule has 1 aromatic rings. The van der Waals surface area contributed by atoms with Gasteiger partial charge in [0.15, 0.2) is 17.3 Å². The Hall–Kier alpha value is -2.83. The molecule has 7 nitrogen and oxygen atoms in total. The van der Waals surface area contributed by atoms with E-state index in [4.69, 9.17) is 23.9 Å². The predicted octanol–water partition coefficient (Wildman–Crippen LogP) is 4.09. The molecule has 3 rings (SSSR count). The highest BCUT2D eigenvalue weighted by Gasteiger charge is 2.46. The molecule has 1 heterocycles. The summed E-state index contributed by atoms with van der Waals surface area (Å²) in [5, 5.41) is 0. The molecule has 2 atom stereocenters. The van der Waals surface area contributed by atoms with Gasteiger partial charge in [-0.3, -0.25) is 14.6 Å². The normalized spacial score (nSPS) is 22.4. The molecule has 0 radical (unpaired) electrons. The summed E-state index contributed by atoms with van der Waals surface area (Å²) in [6.07, 6.45) is 1.07. The van der Waals surface area contributed by atoms with Crippen LogP contribution in [0.5, 0.6) is 17.2 Å². The molecule has 31 heavy (non-hydrogen) atoms. The van der Waals surface area contributed by atoms with Crippen LogP contribution in [0.15, 0.2) is 28.4 Å². The van der Waals surface area contributed by atoms with Gasteiger partial charge in [-0.25, -0.2) is 0 Å². The van der Waals surface area contributed by atoms with Crippen LogP contribution in [0.1, 0.15) is 52.0 Å². The van der Waals surface area contributed by atoms with Crippen LogP contribution in [0.25, 0.3) is 0 Å². The minimum absolute atomic E-state index is 0.00977. The lowest BCUT2D eigenvalue weighted by molar-refractivity contribution is -0.146. The highest BCUT2D eigenvalue weighted by Crippen LogP contribution is 2.50. The Morgan fingerprint density at radius 2 is 1.71 bits per heavy atom. The smallest absolute Gasteiger partial charge is 0.315 e. The summed E-state index contributed by atoms with van der Waals surface area (Å²) in [6, 6.07) is 3.60. The number of Topliss-reactive ketones (excluding diaryl/α,β-unsaturated/α-hetero) is 1. The van der Waals surface area contributed by atoms with Crippen molar-refractivity contribution in [3.8, 4) is 17.2 Å². The average molecular weight is 430 g/mol. The average Bonchev–Trinajstić information content (AvgIpc) is 2.70. The first-order valence-corrected chi connectivity index (χ1v) is 10.4. The van der Waals surface area contributed by atoms with Gasteiger partial charge in [-0.15, -0.1) is 0 Å². The molecular formula is C24H31NO6. The van der Waals surface area contributed by atoms with E-state index in [-0.39, 0.29) is 17.8 Å². The molecule has 0 bridgehead atoms. The van der Waals surface area contributed by atoms with Crippen LogP contribution in [0.3, 0.4) is 0 Å². The lowest BCUT2D eigenvalue weighted by Crippen LogP contribution is -2.39. The molecule has 1 aliphatic carbocycles. The summed E-state index contributed by atoms with van der Waals surface area (Å²) in [5.41, 5.74) is 2.51. The maximum atomic E-state index is 13.3. The van der Waals surface area contributed by atoms with E-state index in [1.165, 1.54) is 21.3 Å². The van der Waals surface area contributed by atoms with Gasteiger partial charge in [0.2, 0.25) is 5.75 Å². The monoisotopic (exact) mass is 429 g/mol. The number of ether oxygens (including phenoxy) is 4. The third kappa shape index (κ3) is 4.18. The lowest BCUT2D eigenvalue weighted by Gasteiger charge is -2.39. The van der Waals surface area contributed by atoms with Crippen molar-refractivity contribution in [1.29, 1.82) is 0 Å². The lowest BCUT2D eigenvalue weighted by atomic mass is 9.67. The van der Waals surface area contributed by atoms with Crippen LogP contribution < -0.4 is 14.2 Å². The Morgan fingerprint density at radius 3 is 2.23 bits per heavy atom. The molecule has 0 saturated carbocycles. The van der Waals surface area contributed by atoms with Gasteiger partial charge >= 0.3 is 5.97 Å². The zero-order chi connectivity index (χ0) is 22.9. The number of carbonyl (C=O) groups is 2. The number of hydrogen-bond donors (Lipinski definition) is 0. The Balaban J connectivity index is 2.26. The van der Waals surface area contributed by atoms with Gasteiger partial charge in [-0.05, 0) is 43.4 Å². The number of hydrogen-bond acceptors (Lipinski definition) is 7. The standard InChI is InChI=1S/C24H31NO6/c1-8-31-23(27)19-13(2)25-15-11-24(3,4)12-16(26)21(15)20(19)14-9-17(28-5)22(30-7)18(10-14)29-6/h9-10,19-20H,8,11-12H2,1-7H3/t19?,20-/m1/s1. The summed E-state index contributed by atoms with van der Waals surface area (Å²) >= 11 is 0. The highest BCUT2D eigenvalue weighted by molar-refractivity contribution is 6.09. The molecule has 7 heteroatoms. The molecule has 1 unspecified atom stereocenters. The third-order valence-corrected chi connectivity index (χ3v) is 5.89. The molecule has 0 N–H and O–H groups in total. The van der Waals surface area contributed by atoms with Crippen molar-refractivity contribution in [2.75, 3.05) is 27.9 Å². The molecule has 0 aromatic heterocycles. The summed E-state index contributed by atoms with van der Waals surface area (Å²) in [6.45, 7) is 7.96. The van der Waals surface area contributed by atoms with Gasteiger partial charge < -0.3 is 18.9 Å². The van der Waals surface area contributed by atoms with E-state index >= 15 is 0 Å². The number of esters is 1. The number of benzene rings is 1. The van der Waals surface area contributed by atoms with E-state index in [0.29, 0.717) is 41.4 Å². The fraction of sp³-hybridized carbons (Fsp3) is 0.542. The topological polar surface area (TPSA) is 83.4 Å². The van der Waals surface area contributed by atoms with E-state index in [2.05, 4.69) is 13.8 Å². The van der Waals surface area contributed by atoms with Gasteiger partial charge in [0.1, 0.15) is 5.92 Å². The van der Waals surface area contributed by atoms with Crippen molar-refractivity contribution >= 4 is 17.5 Å². The third-order valence-electron chi connectivity index (χ3n) is 5.89. The number of rotatable bonds is 6. The number of allylic oxidation sites excluding steroid dienone is 2. The Kier molecular flexibility index (Phi) is 6.43. The predicted molar refractivity (Wildman–Crippen MR) is 117 cm³/mol. The first-order chi connectivity index (χ1) is 14.7. The first-order valence-electron chi connectivity index (χ1n) is 10.4. The summed E-state index contributed by atoms with van der Waals surface area (Å²) in [4.78, 5) is 31.1. The number of aliphatic imine (C=N–C) groups is 1. The van der Waals surface area contributed by atoms with Crippen LogP contribution in [0.4, 0.5) is 0 Å². The number of methoxy groups -OCH3 is 3. The fourth-order valence-electron chi connectivity index (χ4n) is 4.62. The van der Waals surface area contributed by atoms with Crippen LogP contribution >= 0.6 is 0 Å². The van der Waals surface area contributed by atoms with Crippen LogP contribution in [-0.2, 0) is 14.3 Å². The van der Waals surface area contributed by atoms with E-state index < -0.39 is 17.8 Å². The molecule has 1 aromatic carbocycles. The largest absolute Gasteiger partial charge is 0.493 e. The van der Waals surface area contributed by atoms with Crippen LogP contribution in [0, 0.1) is 11.3 Å². The van der Waals surface area contributed by atoms with Crippen molar-refractivity contribution in [2.24, 2.45) is 16.3 Å². The molecule has 0 amide bonds. The Bertz CT molecular complexity index is 934. The van der Waals surface area contributed by atoms with Crippen LogP contribution in [0.2, 0.25) is 0 Å². The Morgan fingerprint density at radius 1 is 1.10 bits per heavy atom. The molecule has 1 aliphatic heterocycles. The van der Waals surface area contributed by atoms with Crippen molar-refractivity contribution in [2.45, 2.75) is 46.5 Å². The second kappa shape index (κ2) is 8.73. The minimum Gasteiger partial charge on any atom is -0.493 e. The molecule has 0 fully saturated rings. The van der Waals surface area contributed by atoms with Gasteiger partial charge in [-0.1, -0.05) is 13.8 Å². The fourth-order valence-corrected chi connectivity index (χ4v) is 4.62. The van der Waals surface area contributed by atoms with Crippen molar-refractivity contribution in [3.63, 3.8) is 0 Å². The second-order valence-corrected chi connectivity index (χ2v) is 8.72. The van der Waals surface area contributed by atoms with Crippen molar-refractivity contribution in [3.05, 3.63) is 29.0 Å². The maximum absolute atomic E-state index is 13.3. The molecular weight excluding hydrogens is 398 g/mol. The van der Waals surface area contributed by atoms with Gasteiger partial charge in [0.05, 0.1) is 27.9 Å². The van der Waals surface area contributed by atoms with Crippen molar-refractivity contribution < 1.29 is 28.5 Å². The second-order valence-electron chi connectivity index (χ2n) is 8.72. The van der Waals surface area contributed by atoms with E-state index in [1.807, 2.05) is 6.92 Å². The summed E-state index contributed by atoms with van der Waals surface area (Å²) < 4.78 is 21.9. The van der Waals surface area contributed by atoms with E-state index in [9.17, 15) is 9.59 Å². The summed E-state index contributed by atoms with van der Waals surface area (Å²) in [7, 11) is 4.61. The molecule has 0 saturated heterocycles. The van der Waals surface area contributed by atoms with Gasteiger partial charge in [0.25, 0.3) is 0 Å². The van der Waals surface area contributed by atoms with Crippen LogP contribution in [-0.4, -0.2) is 45.4 Å². The molecule has 2 aliphatic rings. The first kappa shape index (κ1) is 22.8. The highest BCUT2D eigenvalue weighted by atomic mass is 16.5. The quantitative estimate of drug-likeness (QED) is 0.634. The van der Waals surface area contributed by atoms with E-state index in [1.54, 1.807) is 19.1 Å². The molecule has 168 valence electrons. The number of nitrogens with zero attached hydrogens (tertiary/aromatic N) is 1. The molecule has 0 spiro atoms. The number of ketones is 1. The van der Waals surface area contributed by atoms with Crippen molar-refractivity contribution in [1.82, 2.24) is 0 Å². The summed E-state index contributed by atoms with van der Waals surface area (Å²) in [5.74, 6) is -0.249. The number of carbonyl (C=O) groups excluding carboxylic acids is 2. The van der Waals surface area contributed by atoms with Gasteiger partial charge in [0, 0.05) is 29.3 Å². The zero-order valence-corrected chi connectivity index (χ0v) is 19.3. The maximum Gasteiger partial charge on any atom is 0.315 e. The SMILES string of the molecule is CCOC(=O)C1C(C)=NC2=C(C(=O)CC(C)(C)C2)[C@@H]1c1cc(OC)c(OC)c(OC)c1. The Labute approximate surface area is 183 Å². The van der Waals surface area contributed by atoms with Gasteiger partial charge in [-0.2, -0.15) is 0 Å². The van der Waals surface area contributed by atoms with E-state index in [0.717, 1.165) is 11.3 Å². The zero-order valence-electron chi connectivity index (χ0n) is 19.3.